The highest BCUT2D eigenvalue weighted by Crippen LogP contribution is 2.34. The molecule has 2 N–H and O–H groups in total. The van der Waals surface area contributed by atoms with Gasteiger partial charge in [-0.25, -0.2) is 0 Å². The SMILES string of the molecule is CCCCCCCCCCCCC=C(C)C(CCCCCC)n1c(O)ccc1O. The molecule has 0 spiro atoms. The molecule has 0 bridgehead atoms. The molecule has 0 aliphatic heterocycles. The van der Waals surface area contributed by atoms with E-state index in [9.17, 15) is 10.2 Å². The summed E-state index contributed by atoms with van der Waals surface area (Å²) >= 11 is 0. The Balaban J connectivity index is 2.36. The Morgan fingerprint density at radius 1 is 0.759 bits per heavy atom. The molecular weight excluding hydrogens is 358 g/mol. The average Bonchev–Trinajstić information content (AvgIpc) is 3.04. The molecule has 0 saturated carbocycles. The van der Waals surface area contributed by atoms with Gasteiger partial charge in [-0.15, -0.1) is 0 Å². The highest BCUT2D eigenvalue weighted by Gasteiger charge is 2.18. The molecule has 1 rings (SSSR count). The molecule has 0 aliphatic rings. The summed E-state index contributed by atoms with van der Waals surface area (Å²) in [6.45, 7) is 6.65. The van der Waals surface area contributed by atoms with Gasteiger partial charge in [-0.05, 0) is 26.2 Å². The lowest BCUT2D eigenvalue weighted by Crippen LogP contribution is -2.10. The molecule has 0 saturated heterocycles. The third kappa shape index (κ3) is 10.8. The summed E-state index contributed by atoms with van der Waals surface area (Å²) in [6, 6.07) is 3.23. The number of nitrogens with zero attached hydrogens (tertiary/aromatic N) is 1. The zero-order valence-corrected chi connectivity index (χ0v) is 19.5. The Labute approximate surface area is 180 Å². The number of hydrogen-bond donors (Lipinski definition) is 2. The van der Waals surface area contributed by atoms with Crippen molar-refractivity contribution in [2.24, 2.45) is 0 Å². The van der Waals surface area contributed by atoms with Gasteiger partial charge in [0.05, 0.1) is 6.04 Å². The summed E-state index contributed by atoms with van der Waals surface area (Å²) < 4.78 is 1.69. The molecule has 0 fully saturated rings. The summed E-state index contributed by atoms with van der Waals surface area (Å²) in [4.78, 5) is 0. The standard InChI is InChI=1S/C26H47NO2/c1-4-6-8-10-11-12-13-14-15-16-17-19-23(3)24(20-18-9-7-5-2)27-25(28)21-22-26(27)29/h19,21-22,24,28-29H,4-18,20H2,1-3H3. The van der Waals surface area contributed by atoms with Crippen LogP contribution in [0.25, 0.3) is 0 Å². The second-order valence-corrected chi connectivity index (χ2v) is 8.70. The van der Waals surface area contributed by atoms with Gasteiger partial charge in [-0.1, -0.05) is 109 Å². The zero-order chi connectivity index (χ0) is 21.3. The van der Waals surface area contributed by atoms with E-state index < -0.39 is 0 Å². The normalized spacial score (nSPS) is 13.1. The molecule has 168 valence electrons. The van der Waals surface area contributed by atoms with Crippen LogP contribution in [0.2, 0.25) is 0 Å². The zero-order valence-electron chi connectivity index (χ0n) is 19.5. The first kappa shape index (κ1) is 25.7. The molecule has 0 radical (unpaired) electrons. The van der Waals surface area contributed by atoms with Crippen molar-refractivity contribution in [3.05, 3.63) is 23.8 Å². The minimum absolute atomic E-state index is 0.0602. The first-order valence-corrected chi connectivity index (χ1v) is 12.4. The third-order valence-corrected chi connectivity index (χ3v) is 6.07. The molecule has 1 heterocycles. The molecule has 29 heavy (non-hydrogen) atoms. The van der Waals surface area contributed by atoms with Gasteiger partial charge in [-0.3, -0.25) is 4.57 Å². The Hall–Kier alpha value is -1.38. The fourth-order valence-corrected chi connectivity index (χ4v) is 4.17. The first-order chi connectivity index (χ1) is 14.1. The van der Waals surface area contributed by atoms with Gasteiger partial charge < -0.3 is 10.2 Å². The van der Waals surface area contributed by atoms with Crippen LogP contribution in [0.15, 0.2) is 23.8 Å². The molecule has 3 nitrogen and oxygen atoms in total. The Morgan fingerprint density at radius 3 is 1.72 bits per heavy atom. The first-order valence-electron chi connectivity index (χ1n) is 12.4. The second kappa shape index (κ2) is 16.4. The highest BCUT2D eigenvalue weighted by atomic mass is 16.3. The van der Waals surface area contributed by atoms with Crippen molar-refractivity contribution in [2.75, 3.05) is 0 Å². The number of unbranched alkanes of at least 4 members (excludes halogenated alkanes) is 13. The molecule has 1 atom stereocenters. The molecule has 3 heteroatoms. The number of allylic oxidation sites excluding steroid dienone is 2. The second-order valence-electron chi connectivity index (χ2n) is 8.70. The highest BCUT2D eigenvalue weighted by molar-refractivity contribution is 5.28. The van der Waals surface area contributed by atoms with E-state index in [1.807, 2.05) is 0 Å². The Morgan fingerprint density at radius 2 is 1.21 bits per heavy atom. The molecule has 0 aliphatic carbocycles. The van der Waals surface area contributed by atoms with E-state index in [-0.39, 0.29) is 17.8 Å². The molecule has 1 aromatic heterocycles. The van der Waals surface area contributed by atoms with Gasteiger partial charge >= 0.3 is 0 Å². The van der Waals surface area contributed by atoms with Crippen molar-refractivity contribution in [3.8, 4) is 11.8 Å². The smallest absolute Gasteiger partial charge is 0.194 e. The quantitative estimate of drug-likeness (QED) is 0.189. The molecule has 1 aromatic rings. The van der Waals surface area contributed by atoms with Crippen LogP contribution in [-0.4, -0.2) is 14.8 Å². The summed E-state index contributed by atoms with van der Waals surface area (Å²) in [5.41, 5.74) is 1.26. The van der Waals surface area contributed by atoms with Crippen LogP contribution in [0.1, 0.15) is 130 Å². The van der Waals surface area contributed by atoms with Gasteiger partial charge in [0.1, 0.15) is 0 Å². The molecule has 0 aromatic carbocycles. The van der Waals surface area contributed by atoms with Gasteiger partial charge in [0.2, 0.25) is 0 Å². The van der Waals surface area contributed by atoms with Crippen LogP contribution < -0.4 is 0 Å². The van der Waals surface area contributed by atoms with Crippen molar-refractivity contribution >= 4 is 0 Å². The monoisotopic (exact) mass is 405 g/mol. The van der Waals surface area contributed by atoms with E-state index in [2.05, 4.69) is 26.8 Å². The lowest BCUT2D eigenvalue weighted by molar-refractivity contribution is 0.336. The summed E-state index contributed by atoms with van der Waals surface area (Å²) in [7, 11) is 0. The number of aromatic nitrogens is 1. The van der Waals surface area contributed by atoms with Gasteiger partial charge in [0.15, 0.2) is 11.8 Å². The van der Waals surface area contributed by atoms with E-state index in [4.69, 9.17) is 0 Å². The lowest BCUT2D eigenvalue weighted by Gasteiger charge is -2.22. The van der Waals surface area contributed by atoms with Crippen LogP contribution in [0.4, 0.5) is 0 Å². The summed E-state index contributed by atoms with van der Waals surface area (Å²) in [5, 5.41) is 20.4. The largest absolute Gasteiger partial charge is 0.494 e. The van der Waals surface area contributed by atoms with Gasteiger partial charge in [0.25, 0.3) is 0 Å². The van der Waals surface area contributed by atoms with Gasteiger partial charge in [0, 0.05) is 12.1 Å². The van der Waals surface area contributed by atoms with Gasteiger partial charge in [-0.2, -0.15) is 0 Å². The maximum atomic E-state index is 10.2. The van der Waals surface area contributed by atoms with Crippen molar-refractivity contribution in [2.45, 2.75) is 130 Å². The molecule has 0 amide bonds. The van der Waals surface area contributed by atoms with E-state index in [1.165, 1.54) is 89.0 Å². The summed E-state index contributed by atoms with van der Waals surface area (Å²) in [5.74, 6) is 0.323. The van der Waals surface area contributed by atoms with Crippen LogP contribution in [0.5, 0.6) is 11.8 Å². The van der Waals surface area contributed by atoms with Crippen molar-refractivity contribution in [3.63, 3.8) is 0 Å². The lowest BCUT2D eigenvalue weighted by atomic mass is 9.99. The number of rotatable bonds is 18. The van der Waals surface area contributed by atoms with E-state index >= 15 is 0 Å². The van der Waals surface area contributed by atoms with Crippen LogP contribution in [-0.2, 0) is 0 Å². The van der Waals surface area contributed by atoms with Crippen LogP contribution >= 0.6 is 0 Å². The fraction of sp³-hybridized carbons (Fsp3) is 0.769. The Bertz CT molecular complexity index is 527. The fourth-order valence-electron chi connectivity index (χ4n) is 4.17. The number of hydrogen-bond acceptors (Lipinski definition) is 2. The maximum Gasteiger partial charge on any atom is 0.194 e. The minimum Gasteiger partial charge on any atom is -0.494 e. The van der Waals surface area contributed by atoms with Crippen molar-refractivity contribution in [1.29, 1.82) is 0 Å². The van der Waals surface area contributed by atoms with E-state index in [1.54, 1.807) is 16.7 Å². The maximum absolute atomic E-state index is 10.2. The minimum atomic E-state index is 0.0602. The topological polar surface area (TPSA) is 45.4 Å². The molecule has 1 unspecified atom stereocenters. The van der Waals surface area contributed by atoms with Crippen LogP contribution in [0, 0.1) is 0 Å². The molecular formula is C26H47NO2. The average molecular weight is 406 g/mol. The van der Waals surface area contributed by atoms with E-state index in [0.717, 1.165) is 19.3 Å². The predicted molar refractivity (Wildman–Crippen MR) is 126 cm³/mol. The van der Waals surface area contributed by atoms with Crippen LogP contribution in [0.3, 0.4) is 0 Å². The number of aromatic hydroxyl groups is 2. The van der Waals surface area contributed by atoms with Crippen molar-refractivity contribution in [1.82, 2.24) is 4.57 Å². The van der Waals surface area contributed by atoms with Crippen molar-refractivity contribution < 1.29 is 10.2 Å². The third-order valence-electron chi connectivity index (χ3n) is 6.07. The predicted octanol–water partition coefficient (Wildman–Crippen LogP) is 8.67. The van der Waals surface area contributed by atoms with E-state index in [0.29, 0.717) is 0 Å². The Kier molecular flexibility index (Phi) is 14.5. The summed E-state index contributed by atoms with van der Waals surface area (Å²) in [6.07, 6.45) is 22.8.